The van der Waals surface area contributed by atoms with Crippen LogP contribution >= 0.6 is 0 Å². The zero-order valence-electron chi connectivity index (χ0n) is 12.0. The third-order valence-corrected chi connectivity index (χ3v) is 5.56. The van der Waals surface area contributed by atoms with Gasteiger partial charge in [0.1, 0.15) is 0 Å². The summed E-state index contributed by atoms with van der Waals surface area (Å²) in [4.78, 5) is 12.3. The second-order valence-electron chi connectivity index (χ2n) is 5.01. The Morgan fingerprint density at radius 3 is 1.18 bits per heavy atom. The van der Waals surface area contributed by atoms with E-state index >= 15 is 0 Å². The van der Waals surface area contributed by atoms with Crippen molar-refractivity contribution in [2.45, 2.75) is 47.7 Å². The van der Waals surface area contributed by atoms with Crippen molar-refractivity contribution < 1.29 is 21.8 Å². The molecule has 1 aromatic carbocycles. The van der Waals surface area contributed by atoms with Crippen molar-refractivity contribution in [3.63, 3.8) is 0 Å². The van der Waals surface area contributed by atoms with Gasteiger partial charge in [-0.15, -0.1) is 0 Å². The van der Waals surface area contributed by atoms with E-state index in [9.17, 15) is 4.80 Å². The van der Waals surface area contributed by atoms with Gasteiger partial charge >= 0.3 is 23.1 Å². The zero-order valence-corrected chi connectivity index (χ0v) is 16.0. The number of rotatable bonds is 1. The predicted molar refractivity (Wildman–Crippen MR) is 73.0 cm³/mol. The molecule has 0 radical (unpaired) electrons. The molecule has 92 valence electrons. The molecule has 0 saturated carbocycles. The molecule has 17 heavy (non-hydrogen) atoms. The maximum absolute atomic E-state index is 12.3. The van der Waals surface area contributed by atoms with Crippen molar-refractivity contribution in [3.8, 4) is 0 Å². The Morgan fingerprint density at radius 1 is 0.706 bits per heavy atom. The molecule has 0 spiro atoms. The van der Waals surface area contributed by atoms with Gasteiger partial charge in [0, 0.05) is 0 Å². The second kappa shape index (κ2) is 6.71. The van der Waals surface area contributed by atoms with Gasteiger partial charge in [-0.05, 0) is 70.8 Å². The first kappa shape index (κ1) is 20.0. The van der Waals surface area contributed by atoms with Crippen molar-refractivity contribution in [3.05, 3.63) is 27.8 Å². The van der Waals surface area contributed by atoms with Gasteiger partial charge in [0.15, 0.2) is 0 Å². The first-order valence-electron chi connectivity index (χ1n) is 5.45. The van der Waals surface area contributed by atoms with Crippen LogP contribution in [-0.4, -0.2) is 31.4 Å². The van der Waals surface area contributed by atoms with Gasteiger partial charge in [0.05, 0.1) is 0 Å². The van der Waals surface area contributed by atoms with E-state index in [0.717, 1.165) is 5.19 Å². The van der Waals surface area contributed by atoms with E-state index < -0.39 is 8.32 Å². The molecule has 0 atom stereocenters. The Labute approximate surface area is 133 Å². The Morgan fingerprint density at radius 2 is 0.941 bits per heavy atom. The fourth-order valence-electron chi connectivity index (χ4n) is 2.40. The van der Waals surface area contributed by atoms with Crippen LogP contribution in [0.5, 0.6) is 0 Å². The number of hydrogen-bond donors (Lipinski definition) is 0. The topological polar surface area (TPSA) is 23.1 Å². The maximum atomic E-state index is 12.3. The van der Waals surface area contributed by atoms with Crippen LogP contribution in [0.25, 0.3) is 0 Å². The summed E-state index contributed by atoms with van der Waals surface area (Å²) in [6.45, 7) is 14.4. The van der Waals surface area contributed by atoms with Crippen molar-refractivity contribution in [2.75, 3.05) is 0 Å². The van der Waals surface area contributed by atoms with Crippen LogP contribution in [0.15, 0.2) is 0 Å². The van der Waals surface area contributed by atoms with E-state index in [2.05, 4.69) is 34.6 Å². The van der Waals surface area contributed by atoms with Crippen molar-refractivity contribution in [1.82, 2.24) is 0 Å². The fourth-order valence-corrected chi connectivity index (χ4v) is 4.58. The smallest absolute Gasteiger partial charge is 1.00 e. The largest absolute Gasteiger partial charge is 2.00 e. The molecule has 1 nitrogen and oxygen atoms in total. The van der Waals surface area contributed by atoms with E-state index in [1.54, 1.807) is 0 Å². The quantitative estimate of drug-likeness (QED) is 0.584. The van der Waals surface area contributed by atoms with Gasteiger partial charge in [0.2, 0.25) is 0 Å². The van der Waals surface area contributed by atoms with Gasteiger partial charge < -0.3 is 21.8 Å². The molecule has 0 unspecified atom stereocenters. The molecule has 1 aromatic rings. The predicted octanol–water partition coefficient (Wildman–Crippen LogP) is -1.38. The summed E-state index contributed by atoms with van der Waals surface area (Å²) in [5, 5.41) is 1.11. The summed E-state index contributed by atoms with van der Waals surface area (Å²) in [5.74, 6) is 0. The van der Waals surface area contributed by atoms with Gasteiger partial charge in [-0.25, -0.2) is 0 Å². The van der Waals surface area contributed by atoms with Crippen LogP contribution < -0.4 is 27.0 Å². The first-order chi connectivity index (χ1) is 6.68. The van der Waals surface area contributed by atoms with E-state index in [0.29, 0.717) is 0 Å². The van der Waals surface area contributed by atoms with Crippen molar-refractivity contribution in [1.29, 1.82) is 0 Å². The van der Waals surface area contributed by atoms with Crippen LogP contribution in [0.3, 0.4) is 0 Å². The third kappa shape index (κ3) is 3.80. The second-order valence-corrected chi connectivity index (χ2v) is 8.53. The van der Waals surface area contributed by atoms with Gasteiger partial charge in [-0.3, -0.25) is 0 Å². The Hall–Kier alpha value is 0.643. The summed E-state index contributed by atoms with van der Waals surface area (Å²) in [6, 6.07) is 0. The number of halogens is 1. The molecule has 0 N–H and O–H groups in total. The molecule has 0 aliphatic carbocycles. The molecule has 0 aliphatic heterocycles. The minimum Gasteiger partial charge on any atom is -1.00 e. The fraction of sp³-hybridized carbons (Fsp3) is 0.538. The third-order valence-electron chi connectivity index (χ3n) is 3.60. The minimum absolute atomic E-state index is 0. The summed E-state index contributed by atoms with van der Waals surface area (Å²) in [6.07, 6.45) is 0. The average Bonchev–Trinajstić information content (AvgIpc) is 2.09. The molecule has 0 amide bonds. The van der Waals surface area contributed by atoms with E-state index in [1.165, 1.54) is 27.8 Å². The summed E-state index contributed by atoms with van der Waals surface area (Å²) in [7, 11) is -2.46. The molecular weight excluding hydrogens is 304 g/mol. The molecule has 0 heterocycles. The van der Waals surface area contributed by atoms with Crippen LogP contribution in [0.4, 0.5) is 0 Å². The Balaban J connectivity index is 0. The average molecular weight is 326 g/mol. The van der Waals surface area contributed by atoms with Gasteiger partial charge in [0.25, 0.3) is 0 Å². The summed E-state index contributed by atoms with van der Waals surface area (Å²) in [5.41, 5.74) is 6.38. The number of benzene rings is 1. The number of hydrogen-bond acceptors (Lipinski definition) is 1. The van der Waals surface area contributed by atoms with Crippen LogP contribution in [-0.2, 0) is 0 Å². The molecule has 0 aromatic heterocycles. The van der Waals surface area contributed by atoms with Crippen LogP contribution in [0.2, 0.25) is 13.1 Å². The van der Waals surface area contributed by atoms with Gasteiger partial charge in [-0.2, -0.15) is 0 Å². The van der Waals surface area contributed by atoms with Crippen molar-refractivity contribution >= 4 is 36.6 Å². The van der Waals surface area contributed by atoms with Crippen LogP contribution in [0, 0.1) is 34.6 Å². The molecule has 1 rings (SSSR count). The molecular formula is C13H21BrMgOSi. The SMILES string of the molecule is Cc1c(C)c(C)c([Si](C)(C)[O-])c(C)c1C.[Br-].[Mg+2]. The monoisotopic (exact) mass is 324 g/mol. The van der Waals surface area contributed by atoms with Crippen LogP contribution in [0.1, 0.15) is 27.8 Å². The molecule has 0 aliphatic rings. The zero-order chi connectivity index (χ0) is 12.0. The standard InChI is InChI=1S/C13H21OSi.BrH.Mg/c1-8-9(2)11(4)13(15(6,7)14)12(5)10(8)3;;/h1-7H3;1H;/q-1;;+2/p-1. The molecule has 0 bridgehead atoms. The van der Waals surface area contributed by atoms with Gasteiger partial charge in [-0.1, -0.05) is 18.3 Å². The Kier molecular flexibility index (Phi) is 7.88. The van der Waals surface area contributed by atoms with Crippen molar-refractivity contribution in [2.24, 2.45) is 0 Å². The molecule has 0 saturated heterocycles. The maximum Gasteiger partial charge on any atom is 2.00 e. The normalized spacial score (nSPS) is 10.6. The minimum atomic E-state index is -2.46. The molecule has 0 fully saturated rings. The van der Waals surface area contributed by atoms with E-state index in [1.807, 2.05) is 13.1 Å². The van der Waals surface area contributed by atoms with E-state index in [4.69, 9.17) is 0 Å². The Bertz CT molecular complexity index is 382. The molecule has 4 heteroatoms. The summed E-state index contributed by atoms with van der Waals surface area (Å²) >= 11 is 0. The van der Waals surface area contributed by atoms with E-state index in [-0.39, 0.29) is 40.0 Å². The first-order valence-corrected chi connectivity index (χ1v) is 8.36. The summed E-state index contributed by atoms with van der Waals surface area (Å²) < 4.78 is 0.